The molecule has 0 N–H and O–H groups in total. The van der Waals surface area contributed by atoms with Crippen LogP contribution in [-0.2, 0) is 0 Å². The van der Waals surface area contributed by atoms with E-state index in [4.69, 9.17) is 13.9 Å². The van der Waals surface area contributed by atoms with Crippen molar-refractivity contribution >= 4 is 60.8 Å². The summed E-state index contributed by atoms with van der Waals surface area (Å²) < 4.78 is 21.7. The molecule has 0 aliphatic carbocycles. The first kappa shape index (κ1) is 24.8. The van der Waals surface area contributed by atoms with Crippen LogP contribution in [0.15, 0.2) is 150 Å². The summed E-state index contributed by atoms with van der Waals surface area (Å²) in [4.78, 5) is 2.27. The molecule has 5 heteroatoms. The molecule has 0 spiro atoms. The van der Waals surface area contributed by atoms with Gasteiger partial charge in [0, 0.05) is 50.2 Å². The second-order valence-electron chi connectivity index (χ2n) is 12.1. The molecule has 220 valence electrons. The molecule has 2 aliphatic rings. The number of para-hydroxylation sites is 4. The molecule has 0 radical (unpaired) electrons. The van der Waals surface area contributed by atoms with E-state index >= 15 is 0 Å². The van der Waals surface area contributed by atoms with Crippen LogP contribution in [-0.4, -0.2) is 4.57 Å². The number of hydrogen-bond acceptors (Lipinski definition) is 4. The Morgan fingerprint density at radius 1 is 0.447 bits per heavy atom. The summed E-state index contributed by atoms with van der Waals surface area (Å²) in [5.74, 6) is 3.33. The zero-order valence-corrected chi connectivity index (χ0v) is 25.0. The molecule has 4 heterocycles. The van der Waals surface area contributed by atoms with Crippen LogP contribution >= 0.6 is 0 Å². The lowest BCUT2D eigenvalue weighted by Crippen LogP contribution is -2.10. The van der Waals surface area contributed by atoms with E-state index in [1.54, 1.807) is 0 Å². The fourth-order valence-electron chi connectivity index (χ4n) is 7.51. The van der Waals surface area contributed by atoms with Gasteiger partial charge in [-0.05, 0) is 72.3 Å². The van der Waals surface area contributed by atoms with Gasteiger partial charge in [-0.2, -0.15) is 0 Å². The van der Waals surface area contributed by atoms with Crippen molar-refractivity contribution in [3.8, 4) is 39.8 Å². The van der Waals surface area contributed by atoms with E-state index in [1.165, 1.54) is 0 Å². The quantitative estimate of drug-likeness (QED) is 0.200. The molecule has 5 nitrogen and oxygen atoms in total. The molecule has 0 bridgehead atoms. The van der Waals surface area contributed by atoms with Gasteiger partial charge in [-0.25, -0.2) is 0 Å². The van der Waals surface area contributed by atoms with Crippen LogP contribution in [0.2, 0.25) is 0 Å². The summed E-state index contributed by atoms with van der Waals surface area (Å²) >= 11 is 0. The highest BCUT2D eigenvalue weighted by atomic mass is 16.5. The topological polar surface area (TPSA) is 39.8 Å². The Balaban J connectivity index is 1.07. The van der Waals surface area contributed by atoms with Gasteiger partial charge in [0.1, 0.15) is 16.9 Å². The van der Waals surface area contributed by atoms with Gasteiger partial charge in [-0.1, -0.05) is 72.8 Å². The van der Waals surface area contributed by atoms with Gasteiger partial charge >= 0.3 is 0 Å². The highest BCUT2D eigenvalue weighted by Crippen LogP contribution is 2.55. The number of anilines is 3. The van der Waals surface area contributed by atoms with Gasteiger partial charge in [-0.15, -0.1) is 0 Å². The number of ether oxygens (including phenoxy) is 2. The van der Waals surface area contributed by atoms with E-state index in [0.29, 0.717) is 0 Å². The fourth-order valence-corrected chi connectivity index (χ4v) is 7.51. The van der Waals surface area contributed by atoms with Crippen LogP contribution in [0.25, 0.3) is 60.6 Å². The number of hydrogen-bond donors (Lipinski definition) is 0. The minimum absolute atomic E-state index is 0.795. The van der Waals surface area contributed by atoms with E-state index in [2.05, 4.69) is 113 Å². The molecular weight excluding hydrogens is 580 g/mol. The first-order valence-corrected chi connectivity index (χ1v) is 15.8. The average molecular weight is 605 g/mol. The van der Waals surface area contributed by atoms with Crippen molar-refractivity contribution in [2.45, 2.75) is 0 Å². The zero-order valence-electron chi connectivity index (χ0n) is 25.0. The van der Waals surface area contributed by atoms with Gasteiger partial charge in [0.05, 0.1) is 11.0 Å². The molecule has 47 heavy (non-hydrogen) atoms. The van der Waals surface area contributed by atoms with E-state index in [1.807, 2.05) is 42.5 Å². The van der Waals surface area contributed by atoms with Crippen LogP contribution < -0.4 is 14.4 Å². The smallest absolute Gasteiger partial charge is 0.160 e. The second kappa shape index (κ2) is 9.05. The van der Waals surface area contributed by atoms with Crippen molar-refractivity contribution in [3.05, 3.63) is 146 Å². The largest absolute Gasteiger partial charge is 0.456 e. The maximum atomic E-state index is 6.74. The number of aromatic nitrogens is 1. The molecule has 11 rings (SSSR count). The van der Waals surface area contributed by atoms with Crippen molar-refractivity contribution in [2.75, 3.05) is 4.90 Å². The summed E-state index contributed by atoms with van der Waals surface area (Å²) in [6.45, 7) is 0. The minimum atomic E-state index is 0.795. The summed E-state index contributed by atoms with van der Waals surface area (Å²) in [5.41, 5.74) is 10.1. The summed E-state index contributed by atoms with van der Waals surface area (Å²) in [6, 6.07) is 50.5. The third-order valence-electron chi connectivity index (χ3n) is 9.56. The van der Waals surface area contributed by atoms with Crippen LogP contribution in [0.4, 0.5) is 17.1 Å². The first-order chi connectivity index (χ1) is 23.3. The number of furan rings is 1. The molecule has 2 aliphatic heterocycles. The predicted octanol–water partition coefficient (Wildman–Crippen LogP) is 12.0. The van der Waals surface area contributed by atoms with Crippen molar-refractivity contribution in [3.63, 3.8) is 0 Å². The Labute approximate surface area is 269 Å². The van der Waals surface area contributed by atoms with E-state index < -0.39 is 0 Å². The molecule has 0 saturated carbocycles. The van der Waals surface area contributed by atoms with Gasteiger partial charge in [-0.3, -0.25) is 4.57 Å². The fraction of sp³-hybridized carbons (Fsp3) is 0. The van der Waals surface area contributed by atoms with Crippen LogP contribution in [0.5, 0.6) is 23.0 Å². The summed E-state index contributed by atoms with van der Waals surface area (Å²) in [5, 5.41) is 4.55. The van der Waals surface area contributed by atoms with Crippen molar-refractivity contribution in [1.29, 1.82) is 0 Å². The third-order valence-corrected chi connectivity index (χ3v) is 9.56. The van der Waals surface area contributed by atoms with Crippen molar-refractivity contribution < 1.29 is 13.9 Å². The Morgan fingerprint density at radius 3 is 2.00 bits per heavy atom. The molecule has 0 unspecified atom stereocenters. The minimum Gasteiger partial charge on any atom is -0.456 e. The number of nitrogens with zero attached hydrogens (tertiary/aromatic N) is 2. The normalized spacial score (nSPS) is 12.6. The van der Waals surface area contributed by atoms with Crippen molar-refractivity contribution in [2.24, 2.45) is 0 Å². The van der Waals surface area contributed by atoms with Gasteiger partial charge in [0.2, 0.25) is 0 Å². The highest BCUT2D eigenvalue weighted by Gasteiger charge is 2.33. The second-order valence-corrected chi connectivity index (χ2v) is 12.1. The molecule has 7 aromatic carbocycles. The first-order valence-electron chi connectivity index (χ1n) is 15.8. The molecule has 0 saturated heterocycles. The lowest BCUT2D eigenvalue weighted by molar-refractivity contribution is 0.445. The molecular formula is C42H24N2O3. The Kier molecular flexibility index (Phi) is 4.78. The monoisotopic (exact) mass is 604 g/mol. The van der Waals surface area contributed by atoms with Crippen LogP contribution in [0, 0.1) is 0 Å². The van der Waals surface area contributed by atoms with E-state index in [-0.39, 0.29) is 0 Å². The summed E-state index contributed by atoms with van der Waals surface area (Å²) in [6.07, 6.45) is 0. The van der Waals surface area contributed by atoms with Gasteiger partial charge < -0.3 is 18.8 Å². The molecule has 0 amide bonds. The SMILES string of the molecule is c1ccc(N(c2ccc(-c3ccc4c5cccc6c5n5c4c3Oc3cccc(c3-5)O6)cc2)c2ccc3c(c2)oc2ccccc23)cc1. The van der Waals surface area contributed by atoms with Gasteiger partial charge in [0.25, 0.3) is 0 Å². The highest BCUT2D eigenvalue weighted by molar-refractivity contribution is 6.16. The zero-order chi connectivity index (χ0) is 30.6. The maximum absolute atomic E-state index is 6.74. The Morgan fingerprint density at radius 2 is 1.11 bits per heavy atom. The maximum Gasteiger partial charge on any atom is 0.160 e. The molecule has 0 fully saturated rings. The number of rotatable bonds is 4. The Bertz CT molecular complexity index is 2740. The van der Waals surface area contributed by atoms with Gasteiger partial charge in [0.15, 0.2) is 23.0 Å². The standard InChI is InChI=1S/C42H24N2O3/c1-2-8-26(9-3-1)43(28-20-21-31-30-10-4-5-12-34(30)45-38(31)24-28)27-18-16-25(17-19-27)29-22-23-33-32-11-6-13-35-39(32)44-40(33)42(29)47-37-15-7-14-36(46-35)41(37)44/h1-24H. The Hall–Kier alpha value is -6.46. The number of benzene rings is 7. The summed E-state index contributed by atoms with van der Waals surface area (Å²) in [7, 11) is 0. The lowest BCUT2D eigenvalue weighted by Gasteiger charge is -2.28. The van der Waals surface area contributed by atoms with E-state index in [0.717, 1.165) is 101 Å². The molecule has 2 aromatic heterocycles. The van der Waals surface area contributed by atoms with E-state index in [9.17, 15) is 0 Å². The molecule has 9 aromatic rings. The van der Waals surface area contributed by atoms with Crippen LogP contribution in [0.1, 0.15) is 0 Å². The van der Waals surface area contributed by atoms with Crippen LogP contribution in [0.3, 0.4) is 0 Å². The third kappa shape index (κ3) is 3.37. The predicted molar refractivity (Wildman–Crippen MR) is 188 cm³/mol. The average Bonchev–Trinajstić information content (AvgIpc) is 3.67. The lowest BCUT2D eigenvalue weighted by atomic mass is 10.0. The number of fused-ring (bicyclic) bond motifs is 4. The molecule has 0 atom stereocenters. The van der Waals surface area contributed by atoms with Crippen molar-refractivity contribution in [1.82, 2.24) is 4.57 Å².